The van der Waals surface area contributed by atoms with Crippen LogP contribution in [0.15, 0.2) is 11.8 Å². The van der Waals surface area contributed by atoms with E-state index < -0.39 is 12.4 Å². The number of fused-ring (bicyclic) bond motifs is 7. The van der Waals surface area contributed by atoms with Crippen molar-refractivity contribution in [2.75, 3.05) is 6.61 Å². The Kier molecular flexibility index (Phi) is 6.71. The van der Waals surface area contributed by atoms with Crippen molar-refractivity contribution in [2.24, 2.45) is 45.3 Å². The predicted molar refractivity (Wildman–Crippen MR) is 140 cm³/mol. The highest BCUT2D eigenvalue weighted by Gasteiger charge is 2.70. The number of carbonyl (C=O) groups excluding carboxylic acids is 3. The monoisotopic (exact) mass is 530 g/mol. The summed E-state index contributed by atoms with van der Waals surface area (Å²) in [6, 6.07) is 0. The Morgan fingerprint density at radius 1 is 0.842 bits per heavy atom. The molecule has 4 saturated carbocycles. The summed E-state index contributed by atoms with van der Waals surface area (Å²) in [5, 5.41) is 0. The van der Waals surface area contributed by atoms with Gasteiger partial charge in [-0.25, -0.2) is 0 Å². The Balaban J connectivity index is 1.58. The minimum absolute atomic E-state index is 0.0373. The van der Waals surface area contributed by atoms with Gasteiger partial charge >= 0.3 is 17.9 Å². The first kappa shape index (κ1) is 27.5. The molecule has 0 bridgehead atoms. The summed E-state index contributed by atoms with van der Waals surface area (Å²) < 4.78 is 23.5. The van der Waals surface area contributed by atoms with Gasteiger partial charge in [0.05, 0.1) is 18.8 Å². The van der Waals surface area contributed by atoms with E-state index in [1.165, 1.54) is 27.2 Å². The fraction of sp³-hybridized carbons (Fsp3) is 0.839. The summed E-state index contributed by atoms with van der Waals surface area (Å²) in [6.07, 6.45) is 8.95. The average molecular weight is 531 g/mol. The van der Waals surface area contributed by atoms with E-state index in [1.807, 2.05) is 0 Å². The molecule has 7 nitrogen and oxygen atoms in total. The van der Waals surface area contributed by atoms with Crippen molar-refractivity contribution >= 4 is 17.9 Å². The molecule has 5 rings (SSSR count). The molecule has 4 aliphatic carbocycles. The highest BCUT2D eigenvalue weighted by atomic mass is 16.7. The van der Waals surface area contributed by atoms with Crippen LogP contribution in [0.1, 0.15) is 99.8 Å². The van der Waals surface area contributed by atoms with Gasteiger partial charge in [0.2, 0.25) is 0 Å². The van der Waals surface area contributed by atoms with Gasteiger partial charge in [0.25, 0.3) is 6.29 Å². The third-order valence-corrected chi connectivity index (χ3v) is 11.8. The van der Waals surface area contributed by atoms with Crippen molar-refractivity contribution in [3.05, 3.63) is 11.8 Å². The van der Waals surface area contributed by atoms with Gasteiger partial charge in [0.15, 0.2) is 0 Å². The molecule has 0 aromatic rings. The van der Waals surface area contributed by atoms with Gasteiger partial charge in [0, 0.05) is 31.8 Å². The number of hydrogen-bond acceptors (Lipinski definition) is 7. The Morgan fingerprint density at radius 3 is 2.16 bits per heavy atom. The first-order valence-corrected chi connectivity index (χ1v) is 14.6. The Morgan fingerprint density at radius 2 is 1.50 bits per heavy atom. The molecule has 0 radical (unpaired) electrons. The molecule has 9 atom stereocenters. The fourth-order valence-electron chi connectivity index (χ4n) is 10.6. The number of rotatable bonds is 4. The van der Waals surface area contributed by atoms with Crippen molar-refractivity contribution in [2.45, 2.75) is 112 Å². The molecule has 4 fully saturated rings. The minimum atomic E-state index is -0.700. The minimum Gasteiger partial charge on any atom is -0.465 e. The summed E-state index contributed by atoms with van der Waals surface area (Å²) in [7, 11) is 0. The van der Waals surface area contributed by atoms with Crippen LogP contribution >= 0.6 is 0 Å². The molecule has 38 heavy (non-hydrogen) atoms. The Labute approximate surface area is 227 Å². The van der Waals surface area contributed by atoms with Crippen LogP contribution in [0, 0.1) is 45.3 Å². The van der Waals surface area contributed by atoms with Gasteiger partial charge < -0.3 is 18.9 Å². The number of esters is 3. The Bertz CT molecular complexity index is 1030. The van der Waals surface area contributed by atoms with Crippen LogP contribution in [0.5, 0.6) is 0 Å². The summed E-state index contributed by atoms with van der Waals surface area (Å²) in [5.41, 5.74) is 0.863. The molecule has 0 amide bonds. The average Bonchev–Trinajstić information content (AvgIpc) is 3.22. The third kappa shape index (κ3) is 4.09. The van der Waals surface area contributed by atoms with Gasteiger partial charge in [-0.15, -0.1) is 0 Å². The molecule has 1 aliphatic heterocycles. The lowest BCUT2D eigenvalue weighted by Gasteiger charge is -2.70. The molecule has 7 heteroatoms. The Hall–Kier alpha value is -2.05. The zero-order chi connectivity index (χ0) is 27.7. The SMILES string of the molecule is CC(=O)OC[C@]12CCCC(C)(C)[C@@H]1CC[C@@]1(C)[C@@H]3C[C@H](OC(C)=O)C4=CO[C@@H](OC(C)=O)[C@@H]4[C@@]3(C)CC[C@@H]12. The van der Waals surface area contributed by atoms with Crippen molar-refractivity contribution in [1.29, 1.82) is 0 Å². The lowest BCUT2D eigenvalue weighted by molar-refractivity contribution is -0.244. The fourth-order valence-corrected chi connectivity index (χ4v) is 10.6. The van der Waals surface area contributed by atoms with Crippen molar-refractivity contribution in [3.63, 3.8) is 0 Å². The van der Waals surface area contributed by atoms with E-state index in [0.29, 0.717) is 18.4 Å². The summed E-state index contributed by atoms with van der Waals surface area (Å²) in [5.74, 6) is 0.0862. The standard InChI is InChI=1S/C31H46O7/c1-18(32)36-17-31-12-8-11-28(4,5)23(31)9-13-29(6)24(31)10-14-30(7)25(29)15-22(37-19(2)33)21-16-35-27(26(21)30)38-20(3)34/h16,22-27H,8-15,17H2,1-7H3/t22-,23-,24-,25-,26+,27-,29+,30-,31+/m0/s1. The molecule has 212 valence electrons. The van der Waals surface area contributed by atoms with Crippen molar-refractivity contribution < 1.29 is 33.3 Å². The van der Waals surface area contributed by atoms with Crippen LogP contribution < -0.4 is 0 Å². The van der Waals surface area contributed by atoms with E-state index in [9.17, 15) is 14.4 Å². The van der Waals surface area contributed by atoms with Gasteiger partial charge in [-0.1, -0.05) is 34.1 Å². The third-order valence-electron chi connectivity index (χ3n) is 11.8. The van der Waals surface area contributed by atoms with E-state index >= 15 is 0 Å². The largest absolute Gasteiger partial charge is 0.465 e. The molecule has 0 spiro atoms. The second-order valence-corrected chi connectivity index (χ2v) is 14.1. The molecule has 0 aromatic carbocycles. The summed E-state index contributed by atoms with van der Waals surface area (Å²) in [4.78, 5) is 36.3. The van der Waals surface area contributed by atoms with Gasteiger partial charge in [-0.3, -0.25) is 14.4 Å². The molecule has 0 N–H and O–H groups in total. The normalized spacial score (nSPS) is 44.7. The number of hydrogen-bond donors (Lipinski definition) is 0. The maximum atomic E-state index is 12.2. The van der Waals surface area contributed by atoms with Crippen LogP contribution in [0.2, 0.25) is 0 Å². The first-order valence-electron chi connectivity index (χ1n) is 14.6. The highest BCUT2D eigenvalue weighted by Crippen LogP contribution is 2.74. The van der Waals surface area contributed by atoms with Crippen LogP contribution in [0.25, 0.3) is 0 Å². The van der Waals surface area contributed by atoms with E-state index in [1.54, 1.807) is 6.26 Å². The van der Waals surface area contributed by atoms with Crippen LogP contribution in [0.3, 0.4) is 0 Å². The maximum Gasteiger partial charge on any atom is 0.305 e. The number of ether oxygens (including phenoxy) is 4. The van der Waals surface area contributed by atoms with Crippen LogP contribution in [0.4, 0.5) is 0 Å². The topological polar surface area (TPSA) is 88.1 Å². The second kappa shape index (κ2) is 9.26. The van der Waals surface area contributed by atoms with E-state index in [4.69, 9.17) is 18.9 Å². The predicted octanol–water partition coefficient (Wildman–Crippen LogP) is 5.95. The van der Waals surface area contributed by atoms with Crippen LogP contribution in [-0.2, 0) is 33.3 Å². The molecule has 5 aliphatic rings. The molecule has 0 unspecified atom stereocenters. The summed E-state index contributed by atoms with van der Waals surface area (Å²) >= 11 is 0. The highest BCUT2D eigenvalue weighted by molar-refractivity contribution is 5.67. The molecular formula is C31H46O7. The molecule has 1 heterocycles. The van der Waals surface area contributed by atoms with E-state index in [-0.39, 0.29) is 51.4 Å². The molecule has 0 saturated heterocycles. The van der Waals surface area contributed by atoms with Crippen molar-refractivity contribution in [3.8, 4) is 0 Å². The van der Waals surface area contributed by atoms with Gasteiger partial charge in [-0.2, -0.15) is 0 Å². The first-order chi connectivity index (χ1) is 17.7. The lowest BCUT2D eigenvalue weighted by atomic mass is 9.34. The van der Waals surface area contributed by atoms with Crippen LogP contribution in [-0.4, -0.2) is 36.9 Å². The number of carbonyl (C=O) groups is 3. The van der Waals surface area contributed by atoms with E-state index in [2.05, 4.69) is 27.7 Å². The smallest absolute Gasteiger partial charge is 0.305 e. The zero-order valence-corrected chi connectivity index (χ0v) is 24.3. The van der Waals surface area contributed by atoms with Gasteiger partial charge in [-0.05, 0) is 78.9 Å². The van der Waals surface area contributed by atoms with Gasteiger partial charge in [0.1, 0.15) is 6.10 Å². The summed E-state index contributed by atoms with van der Waals surface area (Å²) in [6.45, 7) is 14.5. The molecular weight excluding hydrogens is 484 g/mol. The zero-order valence-electron chi connectivity index (χ0n) is 24.3. The van der Waals surface area contributed by atoms with E-state index in [0.717, 1.165) is 50.5 Å². The maximum absolute atomic E-state index is 12.2. The molecule has 0 aromatic heterocycles. The quantitative estimate of drug-likeness (QED) is 0.328. The van der Waals surface area contributed by atoms with Crippen molar-refractivity contribution in [1.82, 2.24) is 0 Å². The lowest BCUT2D eigenvalue weighted by Crippen LogP contribution is -2.66. The second-order valence-electron chi connectivity index (χ2n) is 14.1.